The zero-order chi connectivity index (χ0) is 10.4. The van der Waals surface area contributed by atoms with Gasteiger partial charge >= 0.3 is 0 Å². The molecular weight excluding hydrogens is 202 g/mol. The average molecular weight is 212 g/mol. The highest BCUT2D eigenvalue weighted by Crippen LogP contribution is 2.25. The van der Waals surface area contributed by atoms with Gasteiger partial charge in [-0.1, -0.05) is 11.6 Å². The van der Waals surface area contributed by atoms with Gasteiger partial charge in [-0.15, -0.1) is 0 Å². The Morgan fingerprint density at radius 3 is 2.86 bits per heavy atom. The van der Waals surface area contributed by atoms with E-state index in [1.54, 1.807) is 18.2 Å². The van der Waals surface area contributed by atoms with Crippen molar-refractivity contribution < 1.29 is 9.84 Å². The first-order valence-electron chi connectivity index (χ1n) is 4.21. The molecule has 0 saturated heterocycles. The molecule has 1 aromatic carbocycles. The van der Waals surface area contributed by atoms with E-state index in [0.717, 1.165) is 0 Å². The molecule has 0 atom stereocenters. The van der Waals surface area contributed by atoms with Crippen LogP contribution in [-0.2, 0) is 0 Å². The summed E-state index contributed by atoms with van der Waals surface area (Å²) in [6, 6.07) is 6.82. The highest BCUT2D eigenvalue weighted by atomic mass is 35.5. The van der Waals surface area contributed by atoms with Gasteiger partial charge in [0.05, 0.1) is 23.3 Å². The van der Waals surface area contributed by atoms with Crippen molar-refractivity contribution in [1.82, 2.24) is 0 Å². The molecule has 0 aliphatic carbocycles. The summed E-state index contributed by atoms with van der Waals surface area (Å²) < 4.78 is 5.28. The molecule has 0 heterocycles. The molecule has 0 saturated carbocycles. The van der Waals surface area contributed by atoms with Crippen LogP contribution in [0.2, 0.25) is 5.02 Å². The van der Waals surface area contributed by atoms with Crippen LogP contribution in [0.15, 0.2) is 18.2 Å². The molecule has 1 rings (SSSR count). The summed E-state index contributed by atoms with van der Waals surface area (Å²) in [6.07, 6.45) is 0.566. The topological polar surface area (TPSA) is 53.2 Å². The van der Waals surface area contributed by atoms with Crippen LogP contribution in [0, 0.1) is 11.3 Å². The van der Waals surface area contributed by atoms with Crippen molar-refractivity contribution >= 4 is 11.6 Å². The first kappa shape index (κ1) is 10.8. The van der Waals surface area contributed by atoms with E-state index in [-0.39, 0.29) is 6.61 Å². The van der Waals surface area contributed by atoms with Crippen LogP contribution in [0.25, 0.3) is 0 Å². The zero-order valence-corrected chi connectivity index (χ0v) is 8.29. The smallest absolute Gasteiger partial charge is 0.137 e. The zero-order valence-electron chi connectivity index (χ0n) is 7.53. The summed E-state index contributed by atoms with van der Waals surface area (Å²) in [5.74, 6) is 0.541. The predicted molar refractivity (Wildman–Crippen MR) is 53.4 cm³/mol. The van der Waals surface area contributed by atoms with Crippen LogP contribution < -0.4 is 4.74 Å². The summed E-state index contributed by atoms with van der Waals surface area (Å²) in [7, 11) is 0. The van der Waals surface area contributed by atoms with Gasteiger partial charge in [0, 0.05) is 13.0 Å². The Hall–Kier alpha value is -1.24. The number of aliphatic hydroxyl groups excluding tert-OH is 1. The summed E-state index contributed by atoms with van der Waals surface area (Å²) in [5.41, 5.74) is 0.504. The lowest BCUT2D eigenvalue weighted by molar-refractivity contribution is 0.233. The molecule has 3 nitrogen and oxygen atoms in total. The summed E-state index contributed by atoms with van der Waals surface area (Å²) in [5, 5.41) is 17.5. The molecule has 0 aliphatic heterocycles. The Labute approximate surface area is 87.5 Å². The highest BCUT2D eigenvalue weighted by Gasteiger charge is 2.02. The maximum atomic E-state index is 8.58. The number of hydrogen-bond donors (Lipinski definition) is 1. The molecule has 1 aromatic rings. The van der Waals surface area contributed by atoms with E-state index >= 15 is 0 Å². The van der Waals surface area contributed by atoms with Crippen LogP contribution in [-0.4, -0.2) is 18.3 Å². The van der Waals surface area contributed by atoms with Gasteiger partial charge in [-0.05, 0) is 18.2 Å². The minimum atomic E-state index is 0.0912. The lowest BCUT2D eigenvalue weighted by Crippen LogP contribution is -2.00. The van der Waals surface area contributed by atoms with Gasteiger partial charge in [0.15, 0.2) is 0 Å². The van der Waals surface area contributed by atoms with Crippen LogP contribution in [0.5, 0.6) is 5.75 Å². The molecular formula is C10H10ClNO2. The minimum Gasteiger partial charge on any atom is -0.492 e. The molecule has 0 unspecified atom stereocenters. The Bertz CT molecular complexity index is 346. The number of benzene rings is 1. The third-order valence-corrected chi connectivity index (χ3v) is 1.92. The van der Waals surface area contributed by atoms with E-state index in [2.05, 4.69) is 0 Å². The van der Waals surface area contributed by atoms with E-state index in [4.69, 9.17) is 26.7 Å². The van der Waals surface area contributed by atoms with E-state index in [1.165, 1.54) is 0 Å². The third-order valence-electron chi connectivity index (χ3n) is 1.62. The molecule has 0 amide bonds. The molecule has 14 heavy (non-hydrogen) atoms. The van der Waals surface area contributed by atoms with Gasteiger partial charge in [-0.2, -0.15) is 5.26 Å². The maximum absolute atomic E-state index is 8.58. The molecule has 1 N–H and O–H groups in total. The Balaban J connectivity index is 2.65. The molecule has 0 aliphatic rings. The van der Waals surface area contributed by atoms with E-state index in [9.17, 15) is 0 Å². The molecule has 0 radical (unpaired) electrons. The number of halogens is 1. The molecule has 74 valence electrons. The van der Waals surface area contributed by atoms with Crippen molar-refractivity contribution in [2.24, 2.45) is 0 Å². The highest BCUT2D eigenvalue weighted by molar-refractivity contribution is 6.32. The lowest BCUT2D eigenvalue weighted by Gasteiger charge is -2.06. The van der Waals surface area contributed by atoms with Crippen molar-refractivity contribution in [1.29, 1.82) is 5.26 Å². The Morgan fingerprint density at radius 2 is 2.29 bits per heavy atom. The minimum absolute atomic E-state index is 0.0912. The van der Waals surface area contributed by atoms with Crippen molar-refractivity contribution in [3.8, 4) is 11.8 Å². The summed E-state index contributed by atoms with van der Waals surface area (Å²) in [6.45, 7) is 0.510. The van der Waals surface area contributed by atoms with Crippen molar-refractivity contribution in [3.63, 3.8) is 0 Å². The first-order chi connectivity index (χ1) is 6.77. The van der Waals surface area contributed by atoms with Gasteiger partial charge in [-0.3, -0.25) is 0 Å². The van der Waals surface area contributed by atoms with Gasteiger partial charge in [0.2, 0.25) is 0 Å². The van der Waals surface area contributed by atoms with Crippen molar-refractivity contribution in [2.45, 2.75) is 6.42 Å². The monoisotopic (exact) mass is 211 g/mol. The second kappa shape index (κ2) is 5.48. The van der Waals surface area contributed by atoms with Gasteiger partial charge in [0.1, 0.15) is 5.75 Å². The number of hydrogen-bond acceptors (Lipinski definition) is 3. The number of nitrogens with zero attached hydrogens (tertiary/aromatic N) is 1. The molecule has 0 bridgehead atoms. The van der Waals surface area contributed by atoms with E-state index in [1.807, 2.05) is 6.07 Å². The SMILES string of the molecule is N#Cc1ccc(OCCCO)c(Cl)c1. The van der Waals surface area contributed by atoms with Crippen LogP contribution in [0.3, 0.4) is 0 Å². The molecule has 4 heteroatoms. The number of aliphatic hydroxyl groups is 1. The molecule has 0 aromatic heterocycles. The largest absolute Gasteiger partial charge is 0.492 e. The van der Waals surface area contributed by atoms with Crippen LogP contribution >= 0.6 is 11.6 Å². The fourth-order valence-corrected chi connectivity index (χ4v) is 1.17. The Kier molecular flexibility index (Phi) is 4.24. The lowest BCUT2D eigenvalue weighted by atomic mass is 10.2. The number of ether oxygens (including phenoxy) is 1. The van der Waals surface area contributed by atoms with Gasteiger partial charge in [-0.25, -0.2) is 0 Å². The first-order valence-corrected chi connectivity index (χ1v) is 4.59. The van der Waals surface area contributed by atoms with Crippen LogP contribution in [0.4, 0.5) is 0 Å². The van der Waals surface area contributed by atoms with Crippen LogP contribution in [0.1, 0.15) is 12.0 Å². The fraction of sp³-hybridized carbons (Fsp3) is 0.300. The maximum Gasteiger partial charge on any atom is 0.137 e. The second-order valence-electron chi connectivity index (χ2n) is 2.68. The van der Waals surface area contributed by atoms with E-state index < -0.39 is 0 Å². The fourth-order valence-electron chi connectivity index (χ4n) is 0.934. The average Bonchev–Trinajstić information content (AvgIpc) is 2.20. The summed E-state index contributed by atoms with van der Waals surface area (Å²) >= 11 is 5.85. The third kappa shape index (κ3) is 2.91. The van der Waals surface area contributed by atoms with Crippen molar-refractivity contribution in [3.05, 3.63) is 28.8 Å². The number of nitriles is 1. The standard InChI is InChI=1S/C10H10ClNO2/c11-9-6-8(7-12)2-3-10(9)14-5-1-4-13/h2-3,6,13H,1,4-5H2. The molecule has 0 spiro atoms. The van der Waals surface area contributed by atoms with E-state index in [0.29, 0.717) is 29.4 Å². The normalized spacial score (nSPS) is 9.50. The summed E-state index contributed by atoms with van der Waals surface area (Å²) in [4.78, 5) is 0. The predicted octanol–water partition coefficient (Wildman–Crippen LogP) is 1.97. The molecule has 0 fully saturated rings. The second-order valence-corrected chi connectivity index (χ2v) is 3.09. The van der Waals surface area contributed by atoms with Gasteiger partial charge in [0.25, 0.3) is 0 Å². The quantitative estimate of drug-likeness (QED) is 0.775. The Morgan fingerprint density at radius 1 is 1.50 bits per heavy atom. The number of rotatable bonds is 4. The van der Waals surface area contributed by atoms with Gasteiger partial charge < -0.3 is 9.84 Å². The van der Waals surface area contributed by atoms with Crippen molar-refractivity contribution in [2.75, 3.05) is 13.2 Å².